The van der Waals surface area contributed by atoms with Crippen molar-refractivity contribution in [2.24, 2.45) is 5.92 Å². The van der Waals surface area contributed by atoms with E-state index in [9.17, 15) is 0 Å². The van der Waals surface area contributed by atoms with Crippen LogP contribution in [0.5, 0.6) is 0 Å². The first kappa shape index (κ1) is 13.8. The molecule has 0 radical (unpaired) electrons. The normalized spacial score (nSPS) is 31.3. The molecule has 3 heterocycles. The Hall–Kier alpha value is -0.160. The van der Waals surface area contributed by atoms with Gasteiger partial charge in [0.1, 0.15) is 0 Å². The van der Waals surface area contributed by atoms with Crippen LogP contribution < -0.4 is 0 Å². The summed E-state index contributed by atoms with van der Waals surface area (Å²) in [6.45, 7) is 13.1. The van der Waals surface area contributed by atoms with E-state index in [1.54, 1.807) is 0 Å². The van der Waals surface area contributed by atoms with E-state index in [-0.39, 0.29) is 0 Å². The average Bonchev–Trinajstić information content (AvgIpc) is 2.40. The average molecular weight is 267 g/mol. The van der Waals surface area contributed by atoms with Gasteiger partial charge < -0.3 is 14.5 Å². The van der Waals surface area contributed by atoms with E-state index < -0.39 is 0 Å². The highest BCUT2D eigenvalue weighted by molar-refractivity contribution is 4.94. The largest absolute Gasteiger partial charge is 0.377 e. The van der Waals surface area contributed by atoms with Crippen molar-refractivity contribution in [1.29, 1.82) is 0 Å². The lowest BCUT2D eigenvalue weighted by Gasteiger charge is -2.50. The fourth-order valence-corrected chi connectivity index (χ4v) is 3.66. The molecule has 0 atom stereocenters. The van der Waals surface area contributed by atoms with E-state index in [4.69, 9.17) is 4.74 Å². The highest BCUT2D eigenvalue weighted by atomic mass is 16.5. The highest BCUT2D eigenvalue weighted by Crippen LogP contribution is 2.26. The Balaban J connectivity index is 1.40. The van der Waals surface area contributed by atoms with Crippen LogP contribution in [0.25, 0.3) is 0 Å². The number of likely N-dealkylation sites (tertiary alicyclic amines) is 1. The summed E-state index contributed by atoms with van der Waals surface area (Å²) in [7, 11) is 2.25. The molecule has 0 aromatic rings. The molecule has 0 bridgehead atoms. The summed E-state index contributed by atoms with van der Waals surface area (Å²) in [5.74, 6) is 0.936. The van der Waals surface area contributed by atoms with Crippen LogP contribution in [0.3, 0.4) is 0 Å². The SMILES string of the molecule is CN1CCC(CN2CCN(C3(C)COC3)CC2)CC1. The van der Waals surface area contributed by atoms with E-state index in [1.165, 1.54) is 58.7 Å². The Kier molecular flexibility index (Phi) is 4.13. The summed E-state index contributed by atoms with van der Waals surface area (Å²) in [5.41, 5.74) is 0.347. The van der Waals surface area contributed by atoms with Crippen molar-refractivity contribution in [2.45, 2.75) is 25.3 Å². The maximum absolute atomic E-state index is 5.39. The van der Waals surface area contributed by atoms with Crippen molar-refractivity contribution in [3.63, 3.8) is 0 Å². The van der Waals surface area contributed by atoms with Crippen LogP contribution in [0.4, 0.5) is 0 Å². The van der Waals surface area contributed by atoms with E-state index >= 15 is 0 Å². The van der Waals surface area contributed by atoms with Gasteiger partial charge in [-0.15, -0.1) is 0 Å². The van der Waals surface area contributed by atoms with Crippen LogP contribution in [0.2, 0.25) is 0 Å². The van der Waals surface area contributed by atoms with Gasteiger partial charge in [-0.3, -0.25) is 4.90 Å². The molecule has 0 saturated carbocycles. The predicted octanol–water partition coefficient (Wildman–Crippen LogP) is 0.735. The third kappa shape index (κ3) is 3.13. The molecule has 4 heteroatoms. The minimum absolute atomic E-state index is 0.347. The Bertz CT molecular complexity index is 290. The molecule has 3 fully saturated rings. The molecule has 0 unspecified atom stereocenters. The summed E-state index contributed by atoms with van der Waals surface area (Å²) in [4.78, 5) is 7.79. The standard InChI is InChI=1S/C15H29N3O/c1-15(12-19-13-15)18-9-7-17(8-10-18)11-14-3-5-16(2)6-4-14/h14H,3-13H2,1-2H3. The van der Waals surface area contributed by atoms with Gasteiger partial charge in [-0.2, -0.15) is 0 Å². The first-order chi connectivity index (χ1) is 9.16. The number of nitrogens with zero attached hydrogens (tertiary/aromatic N) is 3. The van der Waals surface area contributed by atoms with E-state index in [0.29, 0.717) is 5.54 Å². The molecule has 3 aliphatic rings. The van der Waals surface area contributed by atoms with Crippen LogP contribution >= 0.6 is 0 Å². The van der Waals surface area contributed by atoms with Crippen molar-refractivity contribution >= 4 is 0 Å². The number of hydrogen-bond donors (Lipinski definition) is 0. The first-order valence-corrected chi connectivity index (χ1v) is 7.89. The second kappa shape index (κ2) is 5.68. The predicted molar refractivity (Wildman–Crippen MR) is 77.5 cm³/mol. The lowest BCUT2D eigenvalue weighted by molar-refractivity contribution is -0.140. The van der Waals surface area contributed by atoms with Gasteiger partial charge in [0.15, 0.2) is 0 Å². The molecule has 3 saturated heterocycles. The number of ether oxygens (including phenoxy) is 1. The van der Waals surface area contributed by atoms with Gasteiger partial charge in [0.25, 0.3) is 0 Å². The van der Waals surface area contributed by atoms with E-state index in [0.717, 1.165) is 19.1 Å². The van der Waals surface area contributed by atoms with E-state index in [1.807, 2.05) is 0 Å². The molecule has 0 aliphatic carbocycles. The smallest absolute Gasteiger partial charge is 0.0671 e. The van der Waals surface area contributed by atoms with Gasteiger partial charge in [0.2, 0.25) is 0 Å². The highest BCUT2D eigenvalue weighted by Gasteiger charge is 2.40. The van der Waals surface area contributed by atoms with Gasteiger partial charge in [-0.05, 0) is 45.8 Å². The fraction of sp³-hybridized carbons (Fsp3) is 1.00. The van der Waals surface area contributed by atoms with Gasteiger partial charge in [-0.25, -0.2) is 0 Å². The zero-order valence-corrected chi connectivity index (χ0v) is 12.6. The minimum atomic E-state index is 0.347. The monoisotopic (exact) mass is 267 g/mol. The minimum Gasteiger partial charge on any atom is -0.377 e. The Morgan fingerprint density at radius 2 is 1.63 bits per heavy atom. The van der Waals surface area contributed by atoms with E-state index in [2.05, 4.69) is 28.7 Å². The second-order valence-electron chi connectivity index (χ2n) is 7.02. The molecule has 4 nitrogen and oxygen atoms in total. The molecule has 0 amide bonds. The molecule has 0 N–H and O–H groups in total. The van der Waals surface area contributed by atoms with Crippen LogP contribution in [-0.4, -0.2) is 86.3 Å². The maximum Gasteiger partial charge on any atom is 0.0671 e. The van der Waals surface area contributed by atoms with Crippen LogP contribution in [-0.2, 0) is 4.74 Å². The Morgan fingerprint density at radius 3 is 2.16 bits per heavy atom. The number of rotatable bonds is 3. The fourth-order valence-electron chi connectivity index (χ4n) is 3.66. The zero-order valence-electron chi connectivity index (χ0n) is 12.6. The first-order valence-electron chi connectivity index (χ1n) is 7.89. The van der Waals surface area contributed by atoms with Crippen LogP contribution in [0.1, 0.15) is 19.8 Å². The lowest BCUT2D eigenvalue weighted by atomic mass is 9.95. The summed E-state index contributed by atoms with van der Waals surface area (Å²) >= 11 is 0. The van der Waals surface area contributed by atoms with Crippen molar-refractivity contribution < 1.29 is 4.74 Å². The van der Waals surface area contributed by atoms with Crippen LogP contribution in [0, 0.1) is 5.92 Å². The molecular formula is C15H29N3O. The topological polar surface area (TPSA) is 19.0 Å². The number of piperazine rings is 1. The van der Waals surface area contributed by atoms with Crippen molar-refractivity contribution in [1.82, 2.24) is 14.7 Å². The zero-order chi connectivity index (χ0) is 13.3. The van der Waals surface area contributed by atoms with Gasteiger partial charge >= 0.3 is 0 Å². The lowest BCUT2D eigenvalue weighted by Crippen LogP contribution is -2.64. The molecule has 0 spiro atoms. The number of piperidine rings is 1. The molecule has 3 rings (SSSR count). The molecule has 0 aromatic heterocycles. The third-order valence-corrected chi connectivity index (χ3v) is 5.32. The second-order valence-corrected chi connectivity index (χ2v) is 7.02. The quantitative estimate of drug-likeness (QED) is 0.750. The van der Waals surface area contributed by atoms with Crippen molar-refractivity contribution in [3.05, 3.63) is 0 Å². The molecule has 19 heavy (non-hydrogen) atoms. The van der Waals surface area contributed by atoms with Crippen molar-refractivity contribution in [2.75, 3.05) is 66.1 Å². The summed E-state index contributed by atoms with van der Waals surface area (Å²) in [5, 5.41) is 0. The summed E-state index contributed by atoms with van der Waals surface area (Å²) in [6.07, 6.45) is 2.78. The van der Waals surface area contributed by atoms with Gasteiger partial charge in [0, 0.05) is 32.7 Å². The molecule has 3 aliphatic heterocycles. The number of hydrogen-bond acceptors (Lipinski definition) is 4. The van der Waals surface area contributed by atoms with Gasteiger partial charge in [-0.1, -0.05) is 0 Å². The molecule has 110 valence electrons. The maximum atomic E-state index is 5.39. The molecule has 0 aromatic carbocycles. The summed E-state index contributed by atoms with van der Waals surface area (Å²) in [6, 6.07) is 0. The van der Waals surface area contributed by atoms with Crippen LogP contribution in [0.15, 0.2) is 0 Å². The Labute approximate surface area is 117 Å². The molecular weight excluding hydrogens is 238 g/mol. The van der Waals surface area contributed by atoms with Crippen molar-refractivity contribution in [3.8, 4) is 0 Å². The van der Waals surface area contributed by atoms with Gasteiger partial charge in [0.05, 0.1) is 18.8 Å². The third-order valence-electron chi connectivity index (χ3n) is 5.32. The summed E-state index contributed by atoms with van der Waals surface area (Å²) < 4.78 is 5.39. The Morgan fingerprint density at radius 1 is 1.00 bits per heavy atom.